The van der Waals surface area contributed by atoms with Gasteiger partial charge in [0.15, 0.2) is 0 Å². The number of nitrogens with one attached hydrogen (secondary N) is 2. The number of hydrogen-bond donors (Lipinski definition) is 2. The number of sulfonamides is 1. The first-order valence-corrected chi connectivity index (χ1v) is 10.0. The van der Waals surface area contributed by atoms with Crippen LogP contribution in [0.4, 0.5) is 11.4 Å². The molecule has 7 heteroatoms. The molecule has 0 bridgehead atoms. The molecular formula is C19H24N2O4S. The minimum absolute atomic E-state index is 0.0341. The van der Waals surface area contributed by atoms with E-state index in [9.17, 15) is 13.2 Å². The highest BCUT2D eigenvalue weighted by Gasteiger charge is 2.12. The van der Waals surface area contributed by atoms with E-state index in [4.69, 9.17) is 4.74 Å². The highest BCUT2D eigenvalue weighted by molar-refractivity contribution is 7.92. The zero-order chi connectivity index (χ0) is 19.2. The number of methoxy groups -OCH3 is 1. The van der Waals surface area contributed by atoms with E-state index in [0.717, 1.165) is 11.1 Å². The molecule has 140 valence electrons. The van der Waals surface area contributed by atoms with E-state index < -0.39 is 10.0 Å². The molecule has 0 aliphatic heterocycles. The number of rotatable bonds is 8. The molecule has 0 radical (unpaired) electrons. The summed E-state index contributed by atoms with van der Waals surface area (Å²) < 4.78 is 31.1. The van der Waals surface area contributed by atoms with Crippen molar-refractivity contribution in [1.82, 2.24) is 0 Å². The third-order valence-corrected chi connectivity index (χ3v) is 5.15. The van der Waals surface area contributed by atoms with Crippen LogP contribution in [-0.4, -0.2) is 27.2 Å². The van der Waals surface area contributed by atoms with Crippen LogP contribution < -0.4 is 14.8 Å². The van der Waals surface area contributed by atoms with Crippen LogP contribution in [0.2, 0.25) is 0 Å². The van der Waals surface area contributed by atoms with E-state index in [-0.39, 0.29) is 11.7 Å². The van der Waals surface area contributed by atoms with Crippen LogP contribution in [0.5, 0.6) is 5.75 Å². The van der Waals surface area contributed by atoms with E-state index in [2.05, 4.69) is 16.1 Å². The summed E-state index contributed by atoms with van der Waals surface area (Å²) in [5, 5.41) is 2.81. The number of benzene rings is 2. The normalized spacial score (nSPS) is 11.0. The fourth-order valence-corrected chi connectivity index (χ4v) is 3.09. The Kier molecular flexibility index (Phi) is 6.63. The molecule has 0 aliphatic rings. The van der Waals surface area contributed by atoms with Crippen molar-refractivity contribution in [2.24, 2.45) is 0 Å². The molecule has 2 aromatic carbocycles. The fraction of sp³-hybridized carbons (Fsp3) is 0.316. The minimum Gasteiger partial charge on any atom is -0.494 e. The van der Waals surface area contributed by atoms with Gasteiger partial charge in [-0.1, -0.05) is 29.8 Å². The molecule has 0 unspecified atom stereocenters. The lowest BCUT2D eigenvalue weighted by Crippen LogP contribution is -2.16. The fourth-order valence-electron chi connectivity index (χ4n) is 2.44. The molecule has 2 aromatic rings. The number of anilines is 2. The van der Waals surface area contributed by atoms with Gasteiger partial charge in [-0.2, -0.15) is 0 Å². The zero-order valence-corrected chi connectivity index (χ0v) is 16.0. The van der Waals surface area contributed by atoms with Crippen molar-refractivity contribution in [3.8, 4) is 5.75 Å². The molecule has 26 heavy (non-hydrogen) atoms. The Morgan fingerprint density at radius 2 is 1.92 bits per heavy atom. The highest BCUT2D eigenvalue weighted by Crippen LogP contribution is 2.29. The number of carbonyl (C=O) groups is 1. The van der Waals surface area contributed by atoms with Crippen LogP contribution >= 0.6 is 0 Å². The maximum absolute atomic E-state index is 12.2. The second kappa shape index (κ2) is 8.71. The molecule has 1 amide bonds. The summed E-state index contributed by atoms with van der Waals surface area (Å²) in [4.78, 5) is 12.2. The number of aryl methyl sites for hydroxylation is 2. The van der Waals surface area contributed by atoms with Gasteiger partial charge in [-0.05, 0) is 38.0 Å². The predicted octanol–water partition coefficient (Wildman–Crippen LogP) is 3.34. The molecule has 2 N–H and O–H groups in total. The monoisotopic (exact) mass is 376 g/mol. The van der Waals surface area contributed by atoms with E-state index in [0.29, 0.717) is 30.0 Å². The second-order valence-corrected chi connectivity index (χ2v) is 7.97. The van der Waals surface area contributed by atoms with E-state index in [1.165, 1.54) is 7.11 Å². The summed E-state index contributed by atoms with van der Waals surface area (Å²) in [5.41, 5.74) is 3.17. The van der Waals surface area contributed by atoms with E-state index in [1.807, 2.05) is 25.1 Å². The first-order chi connectivity index (χ1) is 12.3. The van der Waals surface area contributed by atoms with Crippen molar-refractivity contribution in [2.75, 3.05) is 22.9 Å². The van der Waals surface area contributed by atoms with Crippen LogP contribution in [0.1, 0.15) is 24.5 Å². The van der Waals surface area contributed by atoms with Gasteiger partial charge in [0, 0.05) is 18.2 Å². The van der Waals surface area contributed by atoms with Gasteiger partial charge in [0.1, 0.15) is 5.75 Å². The molecule has 0 saturated heterocycles. The van der Waals surface area contributed by atoms with Gasteiger partial charge in [0.2, 0.25) is 15.9 Å². The van der Waals surface area contributed by atoms with Gasteiger partial charge in [-0.15, -0.1) is 0 Å². The first-order valence-electron chi connectivity index (χ1n) is 8.37. The van der Waals surface area contributed by atoms with Gasteiger partial charge in [-0.25, -0.2) is 8.42 Å². The summed E-state index contributed by atoms with van der Waals surface area (Å²) in [5.74, 6) is 0.196. The van der Waals surface area contributed by atoms with Gasteiger partial charge >= 0.3 is 0 Å². The Hall–Kier alpha value is -2.54. The Morgan fingerprint density at radius 1 is 1.15 bits per heavy atom. The summed E-state index contributed by atoms with van der Waals surface area (Å²) in [6.45, 7) is 3.57. The Morgan fingerprint density at radius 3 is 2.58 bits per heavy atom. The lowest BCUT2D eigenvalue weighted by atomic mass is 10.1. The van der Waals surface area contributed by atoms with E-state index >= 15 is 0 Å². The molecule has 0 heterocycles. The highest BCUT2D eigenvalue weighted by atomic mass is 32.2. The maximum Gasteiger partial charge on any atom is 0.232 e. The van der Waals surface area contributed by atoms with Crippen molar-refractivity contribution in [3.63, 3.8) is 0 Å². The van der Waals surface area contributed by atoms with Gasteiger partial charge in [0.25, 0.3) is 0 Å². The lowest BCUT2D eigenvalue weighted by Gasteiger charge is -2.13. The van der Waals surface area contributed by atoms with Gasteiger partial charge in [-0.3, -0.25) is 9.52 Å². The van der Waals surface area contributed by atoms with Crippen LogP contribution in [0.15, 0.2) is 42.5 Å². The van der Waals surface area contributed by atoms with Crippen LogP contribution in [0.25, 0.3) is 0 Å². The van der Waals surface area contributed by atoms with Crippen LogP contribution in [-0.2, 0) is 21.2 Å². The van der Waals surface area contributed by atoms with Gasteiger partial charge < -0.3 is 10.1 Å². The lowest BCUT2D eigenvalue weighted by molar-refractivity contribution is -0.116. The maximum atomic E-state index is 12.2. The molecule has 0 fully saturated rings. The first kappa shape index (κ1) is 19.8. The number of amides is 1. The average Bonchev–Trinajstić information content (AvgIpc) is 2.61. The SMILES string of the molecule is CCS(=O)(=O)Nc1ccc(NC(=O)CCc2cccc(C)c2)cc1OC. The quantitative estimate of drug-likeness (QED) is 0.740. The number of carbonyl (C=O) groups excluding carboxylic acids is 1. The molecule has 0 aliphatic carbocycles. The van der Waals surface area contributed by atoms with Crippen LogP contribution in [0, 0.1) is 6.92 Å². The summed E-state index contributed by atoms with van der Waals surface area (Å²) in [6, 6.07) is 12.9. The Labute approximate surface area is 154 Å². The molecular weight excluding hydrogens is 352 g/mol. The van der Waals surface area contributed by atoms with Crippen molar-refractivity contribution < 1.29 is 17.9 Å². The summed E-state index contributed by atoms with van der Waals surface area (Å²) in [6.07, 6.45) is 1.01. The van der Waals surface area contributed by atoms with Crippen molar-refractivity contribution >= 4 is 27.3 Å². The molecule has 6 nitrogen and oxygen atoms in total. The molecule has 0 spiro atoms. The number of hydrogen-bond acceptors (Lipinski definition) is 4. The Bertz CT molecular complexity index is 879. The van der Waals surface area contributed by atoms with Crippen molar-refractivity contribution in [2.45, 2.75) is 26.7 Å². The summed E-state index contributed by atoms with van der Waals surface area (Å²) >= 11 is 0. The molecule has 0 atom stereocenters. The van der Waals surface area contributed by atoms with Gasteiger partial charge in [0.05, 0.1) is 18.6 Å². The number of ether oxygens (including phenoxy) is 1. The van der Waals surface area contributed by atoms with E-state index in [1.54, 1.807) is 25.1 Å². The minimum atomic E-state index is -3.40. The average molecular weight is 376 g/mol. The second-order valence-electron chi connectivity index (χ2n) is 5.96. The van der Waals surface area contributed by atoms with Crippen molar-refractivity contribution in [3.05, 3.63) is 53.6 Å². The Balaban J connectivity index is 2.01. The van der Waals surface area contributed by atoms with Crippen LogP contribution in [0.3, 0.4) is 0 Å². The van der Waals surface area contributed by atoms with Crippen molar-refractivity contribution in [1.29, 1.82) is 0 Å². The topological polar surface area (TPSA) is 84.5 Å². The zero-order valence-electron chi connectivity index (χ0n) is 15.2. The summed E-state index contributed by atoms with van der Waals surface area (Å²) in [7, 11) is -1.95. The predicted molar refractivity (Wildman–Crippen MR) is 104 cm³/mol. The standard InChI is InChI=1S/C19H24N2O4S/c1-4-26(23,24)21-17-10-9-16(13-18(17)25-3)20-19(22)11-8-15-7-5-6-14(2)12-15/h5-7,9-10,12-13,21H,4,8,11H2,1-3H3,(H,20,22). The smallest absolute Gasteiger partial charge is 0.232 e. The third-order valence-electron chi connectivity index (χ3n) is 3.85. The largest absolute Gasteiger partial charge is 0.494 e. The third kappa shape index (κ3) is 5.77. The molecule has 0 saturated carbocycles. The molecule has 2 rings (SSSR count). The molecule has 0 aromatic heterocycles.